The van der Waals surface area contributed by atoms with Crippen LogP contribution in [0.3, 0.4) is 0 Å². The molecule has 0 aliphatic carbocycles. The Balaban J connectivity index is 2.21. The van der Waals surface area contributed by atoms with E-state index in [4.69, 9.17) is 5.26 Å². The van der Waals surface area contributed by atoms with E-state index in [1.807, 2.05) is 44.6 Å². The average Bonchev–Trinajstić information content (AvgIpc) is 2.79. The van der Waals surface area contributed by atoms with Crippen molar-refractivity contribution in [3.05, 3.63) is 47.3 Å². The molecule has 92 valence electrons. The molecular weight excluding hydrogens is 224 g/mol. The van der Waals surface area contributed by atoms with Crippen molar-refractivity contribution >= 4 is 5.69 Å². The molecule has 2 aromatic rings. The van der Waals surface area contributed by atoms with Crippen molar-refractivity contribution < 1.29 is 0 Å². The molecule has 0 radical (unpaired) electrons. The molecule has 1 atom stereocenters. The van der Waals surface area contributed by atoms with Crippen LogP contribution in [0.25, 0.3) is 0 Å². The molecule has 0 saturated heterocycles. The number of aromatic nitrogens is 2. The molecule has 0 bridgehead atoms. The summed E-state index contributed by atoms with van der Waals surface area (Å²) in [5, 5.41) is 16.5. The summed E-state index contributed by atoms with van der Waals surface area (Å²) in [5.41, 5.74) is 3.91. The number of benzene rings is 1. The van der Waals surface area contributed by atoms with Crippen LogP contribution in [0.4, 0.5) is 5.69 Å². The molecule has 1 heterocycles. The summed E-state index contributed by atoms with van der Waals surface area (Å²) in [6.45, 7) is 4.11. The normalized spacial score (nSPS) is 11.9. The topological polar surface area (TPSA) is 53.6 Å². The molecule has 1 aromatic heterocycles. The van der Waals surface area contributed by atoms with Crippen LogP contribution in [0.1, 0.15) is 29.7 Å². The standard InChI is InChI=1S/C14H16N4/c1-10-4-5-12(7-15)6-14(10)17-11(2)13-8-16-18(3)9-13/h4-6,8-9,11,17H,1-3H3. The Morgan fingerprint density at radius 3 is 2.83 bits per heavy atom. The van der Waals surface area contributed by atoms with E-state index >= 15 is 0 Å². The maximum Gasteiger partial charge on any atom is 0.0992 e. The monoisotopic (exact) mass is 240 g/mol. The van der Waals surface area contributed by atoms with Gasteiger partial charge in [-0.25, -0.2) is 0 Å². The Hall–Kier alpha value is -2.28. The lowest BCUT2D eigenvalue weighted by atomic mass is 10.1. The predicted molar refractivity (Wildman–Crippen MR) is 71.1 cm³/mol. The van der Waals surface area contributed by atoms with Gasteiger partial charge in [-0.05, 0) is 31.5 Å². The van der Waals surface area contributed by atoms with Gasteiger partial charge in [0.15, 0.2) is 0 Å². The zero-order chi connectivity index (χ0) is 13.1. The third-order valence-corrected chi connectivity index (χ3v) is 2.96. The minimum Gasteiger partial charge on any atom is -0.378 e. The van der Waals surface area contributed by atoms with E-state index in [0.717, 1.165) is 16.8 Å². The third-order valence-electron chi connectivity index (χ3n) is 2.96. The van der Waals surface area contributed by atoms with E-state index in [1.54, 1.807) is 4.68 Å². The first-order valence-electron chi connectivity index (χ1n) is 5.86. The summed E-state index contributed by atoms with van der Waals surface area (Å²) in [7, 11) is 1.90. The van der Waals surface area contributed by atoms with E-state index in [0.29, 0.717) is 5.56 Å². The van der Waals surface area contributed by atoms with Crippen LogP contribution in [-0.2, 0) is 7.05 Å². The highest BCUT2D eigenvalue weighted by Crippen LogP contribution is 2.22. The average molecular weight is 240 g/mol. The molecule has 0 aliphatic rings. The Labute approximate surface area is 107 Å². The van der Waals surface area contributed by atoms with Crippen molar-refractivity contribution in [2.24, 2.45) is 7.05 Å². The molecule has 18 heavy (non-hydrogen) atoms. The van der Waals surface area contributed by atoms with E-state index < -0.39 is 0 Å². The van der Waals surface area contributed by atoms with Crippen molar-refractivity contribution in [3.8, 4) is 6.07 Å². The Morgan fingerprint density at radius 2 is 2.22 bits per heavy atom. The molecular formula is C14H16N4. The molecule has 2 rings (SSSR count). The van der Waals surface area contributed by atoms with Gasteiger partial charge in [0, 0.05) is 24.5 Å². The summed E-state index contributed by atoms with van der Waals surface area (Å²) in [4.78, 5) is 0. The van der Waals surface area contributed by atoms with Gasteiger partial charge in [0.25, 0.3) is 0 Å². The summed E-state index contributed by atoms with van der Waals surface area (Å²) in [5.74, 6) is 0. The number of nitrogens with zero attached hydrogens (tertiary/aromatic N) is 3. The van der Waals surface area contributed by atoms with Gasteiger partial charge in [-0.15, -0.1) is 0 Å². The van der Waals surface area contributed by atoms with Crippen LogP contribution in [0.2, 0.25) is 0 Å². The molecule has 0 saturated carbocycles. The minimum absolute atomic E-state index is 0.159. The van der Waals surface area contributed by atoms with E-state index in [2.05, 4.69) is 23.4 Å². The van der Waals surface area contributed by atoms with Gasteiger partial charge in [-0.2, -0.15) is 10.4 Å². The van der Waals surface area contributed by atoms with Gasteiger partial charge >= 0.3 is 0 Å². The Morgan fingerprint density at radius 1 is 1.44 bits per heavy atom. The quantitative estimate of drug-likeness (QED) is 0.897. The maximum absolute atomic E-state index is 8.92. The first kappa shape index (κ1) is 12.2. The third kappa shape index (κ3) is 2.51. The number of hydrogen-bond donors (Lipinski definition) is 1. The van der Waals surface area contributed by atoms with Crippen molar-refractivity contribution in [1.82, 2.24) is 9.78 Å². The lowest BCUT2D eigenvalue weighted by Crippen LogP contribution is -2.07. The number of nitriles is 1. The molecule has 4 nitrogen and oxygen atoms in total. The van der Waals surface area contributed by atoms with Crippen LogP contribution >= 0.6 is 0 Å². The Kier molecular flexibility index (Phi) is 3.33. The van der Waals surface area contributed by atoms with E-state index in [-0.39, 0.29) is 6.04 Å². The van der Waals surface area contributed by atoms with Crippen LogP contribution in [0.5, 0.6) is 0 Å². The van der Waals surface area contributed by atoms with Gasteiger partial charge in [0.2, 0.25) is 0 Å². The SMILES string of the molecule is Cc1ccc(C#N)cc1NC(C)c1cnn(C)c1. The van der Waals surface area contributed by atoms with Crippen LogP contribution in [0, 0.1) is 18.3 Å². The summed E-state index contributed by atoms with van der Waals surface area (Å²) < 4.78 is 1.78. The van der Waals surface area contributed by atoms with Crippen LogP contribution in [0.15, 0.2) is 30.6 Å². The summed E-state index contributed by atoms with van der Waals surface area (Å²) in [6, 6.07) is 7.97. The van der Waals surface area contributed by atoms with Gasteiger partial charge in [-0.3, -0.25) is 4.68 Å². The first-order valence-corrected chi connectivity index (χ1v) is 5.86. The number of rotatable bonds is 3. The predicted octanol–water partition coefficient (Wildman–Crippen LogP) is 2.77. The van der Waals surface area contributed by atoms with Crippen LogP contribution < -0.4 is 5.32 Å². The molecule has 1 aromatic carbocycles. The molecule has 1 N–H and O–H groups in total. The minimum atomic E-state index is 0.159. The van der Waals surface area contributed by atoms with Gasteiger partial charge in [0.05, 0.1) is 23.9 Å². The maximum atomic E-state index is 8.92. The second-order valence-electron chi connectivity index (χ2n) is 4.45. The molecule has 1 unspecified atom stereocenters. The molecule has 0 spiro atoms. The van der Waals surface area contributed by atoms with Crippen molar-refractivity contribution in [1.29, 1.82) is 5.26 Å². The van der Waals surface area contributed by atoms with Gasteiger partial charge < -0.3 is 5.32 Å². The number of aryl methyl sites for hydroxylation is 2. The van der Waals surface area contributed by atoms with E-state index in [1.165, 1.54) is 0 Å². The lowest BCUT2D eigenvalue weighted by molar-refractivity contribution is 0.765. The lowest BCUT2D eigenvalue weighted by Gasteiger charge is -2.15. The first-order chi connectivity index (χ1) is 8.60. The zero-order valence-corrected chi connectivity index (χ0v) is 10.8. The molecule has 4 heteroatoms. The number of nitrogens with one attached hydrogen (secondary N) is 1. The highest BCUT2D eigenvalue weighted by molar-refractivity contribution is 5.56. The van der Waals surface area contributed by atoms with Crippen molar-refractivity contribution in [2.45, 2.75) is 19.9 Å². The highest BCUT2D eigenvalue weighted by Gasteiger charge is 2.09. The van der Waals surface area contributed by atoms with Crippen LogP contribution in [-0.4, -0.2) is 9.78 Å². The second kappa shape index (κ2) is 4.92. The zero-order valence-electron chi connectivity index (χ0n) is 10.8. The van der Waals surface area contributed by atoms with Crippen molar-refractivity contribution in [3.63, 3.8) is 0 Å². The highest BCUT2D eigenvalue weighted by atomic mass is 15.2. The smallest absolute Gasteiger partial charge is 0.0992 e. The largest absolute Gasteiger partial charge is 0.378 e. The summed E-state index contributed by atoms with van der Waals surface area (Å²) in [6.07, 6.45) is 3.84. The fourth-order valence-corrected chi connectivity index (χ4v) is 1.83. The number of hydrogen-bond acceptors (Lipinski definition) is 3. The molecule has 0 aliphatic heterocycles. The fraction of sp³-hybridized carbons (Fsp3) is 0.286. The Bertz CT molecular complexity index is 592. The van der Waals surface area contributed by atoms with E-state index in [9.17, 15) is 0 Å². The molecule has 0 amide bonds. The summed E-state index contributed by atoms with van der Waals surface area (Å²) >= 11 is 0. The molecule has 0 fully saturated rings. The second-order valence-corrected chi connectivity index (χ2v) is 4.45. The van der Waals surface area contributed by atoms with Crippen molar-refractivity contribution in [2.75, 3.05) is 5.32 Å². The van der Waals surface area contributed by atoms with Gasteiger partial charge in [-0.1, -0.05) is 6.07 Å². The van der Waals surface area contributed by atoms with Gasteiger partial charge in [0.1, 0.15) is 0 Å². The fourth-order valence-electron chi connectivity index (χ4n) is 1.83. The number of anilines is 1.